The number of aromatic nitrogens is 1. The quantitative estimate of drug-likeness (QED) is 0.223. The van der Waals surface area contributed by atoms with Gasteiger partial charge in [-0.25, -0.2) is 0 Å². The van der Waals surface area contributed by atoms with E-state index in [0.29, 0.717) is 28.6 Å². The molecule has 0 fully saturated rings. The molecule has 0 bridgehead atoms. The van der Waals surface area contributed by atoms with Crippen molar-refractivity contribution in [2.45, 2.75) is 52.5 Å². The fraction of sp³-hybridized carbons (Fsp3) is 0.290. The highest BCUT2D eigenvalue weighted by molar-refractivity contribution is 6.31. The first-order chi connectivity index (χ1) is 18.2. The number of ether oxygens (including phenoxy) is 1. The van der Waals surface area contributed by atoms with Crippen molar-refractivity contribution in [1.29, 1.82) is 0 Å². The number of hydrogen-bond donors (Lipinski definition) is 2. The van der Waals surface area contributed by atoms with Crippen LogP contribution in [0.4, 0.5) is 0 Å². The smallest absolute Gasteiger partial charge is 0.303 e. The second-order valence-corrected chi connectivity index (χ2v) is 10.1. The summed E-state index contributed by atoms with van der Waals surface area (Å²) in [5, 5.41) is 13.8. The number of nitrogens with one attached hydrogen (secondary N) is 1. The molecule has 0 aliphatic rings. The minimum Gasteiger partial charge on any atom is -0.481 e. The van der Waals surface area contributed by atoms with E-state index in [1.165, 1.54) is 0 Å². The van der Waals surface area contributed by atoms with Crippen LogP contribution in [-0.2, 0) is 24.7 Å². The summed E-state index contributed by atoms with van der Waals surface area (Å²) < 4.78 is 8.04. The number of halogens is 1. The maximum Gasteiger partial charge on any atom is 0.303 e. The molecular weight excluding hydrogens is 500 g/mol. The Morgan fingerprint density at radius 2 is 1.82 bits per heavy atom. The van der Waals surface area contributed by atoms with Crippen molar-refractivity contribution in [1.82, 2.24) is 9.88 Å². The van der Waals surface area contributed by atoms with Gasteiger partial charge in [-0.15, -0.1) is 0 Å². The Morgan fingerprint density at radius 1 is 1.05 bits per heavy atom. The minimum atomic E-state index is -0.811. The van der Waals surface area contributed by atoms with E-state index in [1.54, 1.807) is 0 Å². The molecule has 7 heteroatoms. The number of benzene rings is 3. The summed E-state index contributed by atoms with van der Waals surface area (Å²) >= 11 is 6.27. The van der Waals surface area contributed by atoms with Crippen LogP contribution in [0.25, 0.3) is 10.9 Å². The summed E-state index contributed by atoms with van der Waals surface area (Å²) in [5.41, 5.74) is 5.54. The van der Waals surface area contributed by atoms with Gasteiger partial charge in [-0.2, -0.15) is 0 Å². The van der Waals surface area contributed by atoms with E-state index in [9.17, 15) is 9.59 Å². The lowest BCUT2D eigenvalue weighted by molar-refractivity contribution is -0.136. The predicted octanol–water partition coefficient (Wildman–Crippen LogP) is 7.39. The predicted molar refractivity (Wildman–Crippen MR) is 151 cm³/mol. The summed E-state index contributed by atoms with van der Waals surface area (Å²) in [7, 11) is 1.92. The Balaban J connectivity index is 1.52. The van der Waals surface area contributed by atoms with Crippen LogP contribution in [0.5, 0.6) is 11.5 Å². The Labute approximate surface area is 228 Å². The van der Waals surface area contributed by atoms with Gasteiger partial charge in [0.25, 0.3) is 5.91 Å². The van der Waals surface area contributed by atoms with Crippen molar-refractivity contribution in [3.05, 3.63) is 93.6 Å². The average molecular weight is 533 g/mol. The number of rotatable bonds is 10. The number of hydrogen-bond acceptors (Lipinski definition) is 3. The van der Waals surface area contributed by atoms with Crippen molar-refractivity contribution in [2.24, 2.45) is 7.05 Å². The van der Waals surface area contributed by atoms with Gasteiger partial charge in [-0.1, -0.05) is 43.1 Å². The molecule has 0 aliphatic carbocycles. The molecule has 1 atom stereocenters. The summed E-state index contributed by atoms with van der Waals surface area (Å²) in [5.74, 6) is 0.393. The highest BCUT2D eigenvalue weighted by Gasteiger charge is 2.22. The highest BCUT2D eigenvalue weighted by atomic mass is 35.5. The molecule has 4 aromatic rings. The van der Waals surface area contributed by atoms with E-state index in [4.69, 9.17) is 21.4 Å². The number of carboxylic acids is 1. The number of carboxylic acid groups (broad SMARTS) is 1. The van der Waals surface area contributed by atoms with Gasteiger partial charge in [-0.05, 0) is 91.4 Å². The molecule has 0 radical (unpaired) electrons. The summed E-state index contributed by atoms with van der Waals surface area (Å²) in [6, 6.07) is 18.8. The van der Waals surface area contributed by atoms with Crippen LogP contribution in [0.15, 0.2) is 60.7 Å². The van der Waals surface area contributed by atoms with Crippen LogP contribution in [0.1, 0.15) is 65.5 Å². The van der Waals surface area contributed by atoms with Crippen LogP contribution < -0.4 is 10.1 Å². The zero-order chi connectivity index (χ0) is 27.4. The second-order valence-electron chi connectivity index (χ2n) is 9.65. The number of aryl methyl sites for hydroxylation is 4. The molecule has 1 aromatic heterocycles. The second kappa shape index (κ2) is 11.7. The Kier molecular flexibility index (Phi) is 8.42. The molecule has 38 heavy (non-hydrogen) atoms. The lowest BCUT2D eigenvalue weighted by atomic mass is 10.0. The van der Waals surface area contributed by atoms with Gasteiger partial charge in [-0.3, -0.25) is 9.59 Å². The Bertz CT molecular complexity index is 1490. The van der Waals surface area contributed by atoms with Crippen molar-refractivity contribution >= 4 is 34.4 Å². The normalized spacial score (nSPS) is 11.9. The van der Waals surface area contributed by atoms with Crippen LogP contribution in [0, 0.1) is 6.92 Å². The molecule has 0 unspecified atom stereocenters. The number of amides is 1. The van der Waals surface area contributed by atoms with Gasteiger partial charge in [0.05, 0.1) is 6.04 Å². The molecule has 198 valence electrons. The first-order valence-electron chi connectivity index (χ1n) is 12.8. The van der Waals surface area contributed by atoms with E-state index in [0.717, 1.165) is 46.0 Å². The molecular formula is C31H33ClN2O4. The fourth-order valence-electron chi connectivity index (χ4n) is 4.87. The molecule has 2 N–H and O–H groups in total. The first kappa shape index (κ1) is 27.3. The largest absolute Gasteiger partial charge is 0.481 e. The summed E-state index contributed by atoms with van der Waals surface area (Å²) in [4.78, 5) is 24.4. The SMILES string of the molecule is CCCc1c(C(=O)N[C@H](C)c2cccc(Oc3ccc(CCC(=O)O)c(C)c3)c2)n(C)c2ccc(Cl)cc12. The molecule has 0 spiro atoms. The highest BCUT2D eigenvalue weighted by Crippen LogP contribution is 2.31. The number of fused-ring (bicyclic) bond motifs is 1. The first-order valence-corrected chi connectivity index (χ1v) is 13.2. The van der Waals surface area contributed by atoms with Crippen LogP contribution >= 0.6 is 11.6 Å². The maximum atomic E-state index is 13.5. The molecule has 1 heterocycles. The van der Waals surface area contributed by atoms with E-state index in [2.05, 4.69) is 12.2 Å². The zero-order valence-electron chi connectivity index (χ0n) is 22.2. The molecule has 6 nitrogen and oxygen atoms in total. The van der Waals surface area contributed by atoms with Crippen molar-refractivity contribution in [3.8, 4) is 11.5 Å². The third kappa shape index (κ3) is 6.03. The number of carbonyl (C=O) groups excluding carboxylic acids is 1. The van der Waals surface area contributed by atoms with Crippen LogP contribution in [0.2, 0.25) is 5.02 Å². The molecule has 0 aliphatic heterocycles. The molecule has 3 aromatic carbocycles. The minimum absolute atomic E-state index is 0.0964. The van der Waals surface area contributed by atoms with Gasteiger partial charge in [0.15, 0.2) is 0 Å². The number of carbonyl (C=O) groups is 2. The van der Waals surface area contributed by atoms with Gasteiger partial charge >= 0.3 is 5.97 Å². The van der Waals surface area contributed by atoms with E-state index < -0.39 is 5.97 Å². The van der Waals surface area contributed by atoms with Gasteiger partial charge in [0, 0.05) is 29.4 Å². The van der Waals surface area contributed by atoms with Crippen LogP contribution in [-0.4, -0.2) is 21.6 Å². The summed E-state index contributed by atoms with van der Waals surface area (Å²) in [6.45, 7) is 6.01. The Hall–Kier alpha value is -3.77. The zero-order valence-corrected chi connectivity index (χ0v) is 22.9. The maximum absolute atomic E-state index is 13.5. The van der Waals surface area contributed by atoms with Crippen molar-refractivity contribution in [3.63, 3.8) is 0 Å². The van der Waals surface area contributed by atoms with E-state index in [-0.39, 0.29) is 18.4 Å². The monoisotopic (exact) mass is 532 g/mol. The number of nitrogens with zero attached hydrogens (tertiary/aromatic N) is 1. The topological polar surface area (TPSA) is 80.6 Å². The average Bonchev–Trinajstić information content (AvgIpc) is 3.14. The third-order valence-electron chi connectivity index (χ3n) is 6.85. The lowest BCUT2D eigenvalue weighted by Gasteiger charge is -2.17. The van der Waals surface area contributed by atoms with Gasteiger partial charge < -0.3 is 19.7 Å². The molecule has 1 amide bonds. The van der Waals surface area contributed by atoms with Gasteiger partial charge in [0.2, 0.25) is 0 Å². The van der Waals surface area contributed by atoms with Crippen molar-refractivity contribution < 1.29 is 19.4 Å². The Morgan fingerprint density at radius 3 is 2.53 bits per heavy atom. The van der Waals surface area contributed by atoms with E-state index in [1.807, 2.05) is 86.1 Å². The van der Waals surface area contributed by atoms with Crippen molar-refractivity contribution in [2.75, 3.05) is 0 Å². The van der Waals surface area contributed by atoms with Gasteiger partial charge in [0.1, 0.15) is 17.2 Å². The number of aliphatic carboxylic acids is 1. The third-order valence-corrected chi connectivity index (χ3v) is 7.08. The molecule has 4 rings (SSSR count). The van der Waals surface area contributed by atoms with E-state index >= 15 is 0 Å². The van der Waals surface area contributed by atoms with Crippen LogP contribution in [0.3, 0.4) is 0 Å². The summed E-state index contributed by atoms with van der Waals surface area (Å²) in [6.07, 6.45) is 2.28. The molecule has 0 saturated carbocycles. The fourth-order valence-corrected chi connectivity index (χ4v) is 5.04. The molecule has 0 saturated heterocycles. The lowest BCUT2D eigenvalue weighted by Crippen LogP contribution is -2.29. The standard InChI is InChI=1S/C31H33ClN2O4/c1-5-7-26-27-18-23(32)12-14-28(27)34(4)30(26)31(37)33-20(3)22-8-6-9-24(17-22)38-25-13-10-21(19(2)16-25)11-15-29(35)36/h6,8-10,12-14,16-18,20H,5,7,11,15H2,1-4H3,(H,33,37)(H,35,36)/t20-/m1/s1.